The second-order valence-corrected chi connectivity index (χ2v) is 8.69. The Morgan fingerprint density at radius 1 is 1.30 bits per heavy atom. The molecule has 0 spiro atoms. The SMILES string of the molecule is CC1CCC(C(C)C)C(OC(=O)CSc2nnc(-c3ccncc3)n2C)C1. The van der Waals surface area contributed by atoms with E-state index in [0.29, 0.717) is 22.9 Å². The van der Waals surface area contributed by atoms with Crippen molar-refractivity contribution in [2.75, 3.05) is 5.75 Å². The summed E-state index contributed by atoms with van der Waals surface area (Å²) >= 11 is 1.37. The van der Waals surface area contributed by atoms with Gasteiger partial charge in [0.15, 0.2) is 11.0 Å². The van der Waals surface area contributed by atoms with E-state index in [1.54, 1.807) is 12.4 Å². The molecule has 3 atom stereocenters. The fourth-order valence-electron chi connectivity index (χ4n) is 3.77. The van der Waals surface area contributed by atoms with E-state index in [4.69, 9.17) is 4.74 Å². The third kappa shape index (κ3) is 4.89. The van der Waals surface area contributed by atoms with Crippen LogP contribution < -0.4 is 0 Å². The van der Waals surface area contributed by atoms with Crippen molar-refractivity contribution >= 4 is 17.7 Å². The van der Waals surface area contributed by atoms with E-state index in [-0.39, 0.29) is 17.8 Å². The van der Waals surface area contributed by atoms with E-state index >= 15 is 0 Å². The van der Waals surface area contributed by atoms with Gasteiger partial charge in [0, 0.05) is 25.0 Å². The number of rotatable bonds is 6. The molecule has 7 heteroatoms. The van der Waals surface area contributed by atoms with Crippen molar-refractivity contribution in [3.63, 3.8) is 0 Å². The molecule has 0 aromatic carbocycles. The van der Waals surface area contributed by atoms with E-state index in [0.717, 1.165) is 24.2 Å². The van der Waals surface area contributed by atoms with Crippen molar-refractivity contribution in [2.45, 2.75) is 51.3 Å². The van der Waals surface area contributed by atoms with E-state index in [2.05, 4.69) is 36.0 Å². The van der Waals surface area contributed by atoms with Crippen molar-refractivity contribution in [2.24, 2.45) is 24.8 Å². The maximum Gasteiger partial charge on any atom is 0.316 e. The van der Waals surface area contributed by atoms with Gasteiger partial charge in [0.1, 0.15) is 6.10 Å². The van der Waals surface area contributed by atoms with Crippen molar-refractivity contribution in [3.8, 4) is 11.4 Å². The van der Waals surface area contributed by atoms with Crippen molar-refractivity contribution in [1.29, 1.82) is 0 Å². The maximum absolute atomic E-state index is 12.4. The van der Waals surface area contributed by atoms with Crippen LogP contribution in [0.5, 0.6) is 0 Å². The molecule has 1 aliphatic rings. The molecule has 0 aliphatic heterocycles. The lowest BCUT2D eigenvalue weighted by Crippen LogP contribution is -2.36. The molecular weight excluding hydrogens is 360 g/mol. The Hall–Kier alpha value is -1.89. The summed E-state index contributed by atoms with van der Waals surface area (Å²) in [5.41, 5.74) is 0.949. The molecule has 0 radical (unpaired) electrons. The van der Waals surface area contributed by atoms with Crippen molar-refractivity contribution in [1.82, 2.24) is 19.7 Å². The summed E-state index contributed by atoms with van der Waals surface area (Å²) in [6.07, 6.45) is 6.82. The van der Waals surface area contributed by atoms with Crippen molar-refractivity contribution < 1.29 is 9.53 Å². The van der Waals surface area contributed by atoms with E-state index in [9.17, 15) is 4.79 Å². The molecular formula is C20H28N4O2S. The Bertz CT molecular complexity index is 763. The highest BCUT2D eigenvalue weighted by atomic mass is 32.2. The van der Waals surface area contributed by atoms with Crippen LogP contribution in [-0.2, 0) is 16.6 Å². The monoisotopic (exact) mass is 388 g/mol. The summed E-state index contributed by atoms with van der Waals surface area (Å²) in [7, 11) is 1.90. The Morgan fingerprint density at radius 2 is 2.04 bits per heavy atom. The van der Waals surface area contributed by atoms with Crippen molar-refractivity contribution in [3.05, 3.63) is 24.5 Å². The fourth-order valence-corrected chi connectivity index (χ4v) is 4.46. The largest absolute Gasteiger partial charge is 0.461 e. The molecule has 0 saturated heterocycles. The molecule has 6 nitrogen and oxygen atoms in total. The molecule has 2 aromatic rings. The number of carbonyl (C=O) groups excluding carboxylic acids is 1. The highest BCUT2D eigenvalue weighted by Gasteiger charge is 2.33. The predicted octanol–water partition coefficient (Wildman–Crippen LogP) is 3.97. The second kappa shape index (κ2) is 8.87. The number of aromatic nitrogens is 4. The summed E-state index contributed by atoms with van der Waals surface area (Å²) in [4.78, 5) is 16.5. The van der Waals surface area contributed by atoms with Crippen LogP contribution in [0.4, 0.5) is 0 Å². The third-order valence-corrected chi connectivity index (χ3v) is 6.33. The number of esters is 1. The van der Waals surface area contributed by atoms with Crippen LogP contribution >= 0.6 is 11.8 Å². The average molecular weight is 389 g/mol. The van der Waals surface area contributed by atoms with Gasteiger partial charge in [-0.15, -0.1) is 10.2 Å². The van der Waals surface area contributed by atoms with Crippen LogP contribution in [0.1, 0.15) is 40.0 Å². The maximum atomic E-state index is 12.4. The third-order valence-electron chi connectivity index (χ3n) is 5.34. The fraction of sp³-hybridized carbons (Fsp3) is 0.600. The van der Waals surface area contributed by atoms with Crippen LogP contribution in [-0.4, -0.2) is 37.6 Å². The van der Waals surface area contributed by atoms with Gasteiger partial charge in [-0.1, -0.05) is 39.0 Å². The first kappa shape index (κ1) is 19.9. The van der Waals surface area contributed by atoms with Gasteiger partial charge in [0.25, 0.3) is 0 Å². The smallest absolute Gasteiger partial charge is 0.316 e. The predicted molar refractivity (Wildman–Crippen MR) is 106 cm³/mol. The van der Waals surface area contributed by atoms with Crippen LogP contribution in [0.2, 0.25) is 0 Å². The summed E-state index contributed by atoms with van der Waals surface area (Å²) in [5.74, 6) is 2.45. The minimum absolute atomic E-state index is 0.0359. The first-order valence-corrected chi connectivity index (χ1v) is 10.6. The van der Waals surface area contributed by atoms with Crippen LogP contribution in [0.25, 0.3) is 11.4 Å². The minimum atomic E-state index is -0.168. The summed E-state index contributed by atoms with van der Waals surface area (Å²) in [5, 5.41) is 9.16. The average Bonchev–Trinajstić information content (AvgIpc) is 3.01. The Labute approximate surface area is 165 Å². The molecule has 3 unspecified atom stereocenters. The highest BCUT2D eigenvalue weighted by molar-refractivity contribution is 7.99. The van der Waals surface area contributed by atoms with Crippen LogP contribution in [0, 0.1) is 17.8 Å². The van der Waals surface area contributed by atoms with Gasteiger partial charge in [-0.3, -0.25) is 9.78 Å². The number of carbonyl (C=O) groups is 1. The lowest BCUT2D eigenvalue weighted by Gasteiger charge is -2.36. The first-order valence-electron chi connectivity index (χ1n) is 9.57. The second-order valence-electron chi connectivity index (χ2n) is 7.74. The first-order chi connectivity index (χ1) is 13.0. The highest BCUT2D eigenvalue weighted by Crippen LogP contribution is 2.35. The number of hydrogen-bond acceptors (Lipinski definition) is 6. The van der Waals surface area contributed by atoms with Gasteiger partial charge >= 0.3 is 5.97 Å². The number of ether oxygens (including phenoxy) is 1. The zero-order valence-corrected chi connectivity index (χ0v) is 17.3. The molecule has 0 bridgehead atoms. The van der Waals surface area contributed by atoms with Gasteiger partial charge in [-0.25, -0.2) is 0 Å². The Balaban J connectivity index is 1.58. The topological polar surface area (TPSA) is 69.9 Å². The number of hydrogen-bond donors (Lipinski definition) is 0. The zero-order valence-electron chi connectivity index (χ0n) is 16.5. The Morgan fingerprint density at radius 3 is 2.74 bits per heavy atom. The standard InChI is InChI=1S/C20H28N4O2S/c1-13(2)16-6-5-14(3)11-17(16)26-18(25)12-27-20-23-22-19(24(20)4)15-7-9-21-10-8-15/h7-10,13-14,16-17H,5-6,11-12H2,1-4H3. The lowest BCUT2D eigenvalue weighted by atomic mass is 9.75. The number of pyridine rings is 1. The lowest BCUT2D eigenvalue weighted by molar-refractivity contribution is -0.152. The summed E-state index contributed by atoms with van der Waals surface area (Å²) < 4.78 is 7.76. The van der Waals surface area contributed by atoms with Crippen LogP contribution in [0.3, 0.4) is 0 Å². The van der Waals surface area contributed by atoms with Gasteiger partial charge in [-0.2, -0.15) is 0 Å². The molecule has 3 rings (SSSR count). The van der Waals surface area contributed by atoms with E-state index in [1.165, 1.54) is 18.2 Å². The number of thioether (sulfide) groups is 1. The Kier molecular flexibility index (Phi) is 6.52. The summed E-state index contributed by atoms with van der Waals surface area (Å²) in [6, 6.07) is 3.78. The minimum Gasteiger partial charge on any atom is -0.461 e. The quantitative estimate of drug-likeness (QED) is 0.551. The molecule has 27 heavy (non-hydrogen) atoms. The van der Waals surface area contributed by atoms with Crippen LogP contribution in [0.15, 0.2) is 29.7 Å². The molecule has 2 aromatic heterocycles. The molecule has 146 valence electrons. The molecule has 1 aliphatic carbocycles. The molecule has 0 amide bonds. The van der Waals surface area contributed by atoms with E-state index in [1.807, 2.05) is 23.7 Å². The van der Waals surface area contributed by atoms with E-state index < -0.39 is 0 Å². The normalized spacial score (nSPS) is 22.8. The van der Waals surface area contributed by atoms with Gasteiger partial charge in [0.2, 0.25) is 0 Å². The molecule has 0 N–H and O–H groups in total. The van der Waals surface area contributed by atoms with Gasteiger partial charge in [-0.05, 0) is 42.7 Å². The summed E-state index contributed by atoms with van der Waals surface area (Å²) in [6.45, 7) is 6.68. The van der Waals surface area contributed by atoms with Gasteiger partial charge in [0.05, 0.1) is 5.75 Å². The molecule has 1 fully saturated rings. The zero-order chi connectivity index (χ0) is 19.4. The number of nitrogens with zero attached hydrogens (tertiary/aromatic N) is 4. The molecule has 2 heterocycles. The molecule has 1 saturated carbocycles. The van der Waals surface area contributed by atoms with Gasteiger partial charge < -0.3 is 9.30 Å².